The molecule has 0 aromatic heterocycles. The van der Waals surface area contributed by atoms with Crippen molar-refractivity contribution in [2.45, 2.75) is 78.9 Å². The first kappa shape index (κ1) is 31.8. The van der Waals surface area contributed by atoms with E-state index in [-0.39, 0.29) is 24.5 Å². The minimum absolute atomic E-state index is 0.184. The molecule has 0 spiro atoms. The molecule has 1 atom stereocenters. The average molecular weight is 578 g/mol. The van der Waals surface area contributed by atoms with Gasteiger partial charge in [0.05, 0.1) is 16.0 Å². The molecule has 0 bridgehead atoms. The first-order valence-corrected chi connectivity index (χ1v) is 15.7. The van der Waals surface area contributed by atoms with Crippen molar-refractivity contribution < 1.29 is 28.8 Å². The zero-order valence-corrected chi connectivity index (χ0v) is 24.7. The van der Waals surface area contributed by atoms with Crippen molar-refractivity contribution in [3.63, 3.8) is 0 Å². The molecule has 1 amide bonds. The van der Waals surface area contributed by atoms with Gasteiger partial charge in [0.1, 0.15) is 12.0 Å². The molecule has 1 fully saturated rings. The van der Waals surface area contributed by atoms with E-state index in [2.05, 4.69) is 0 Å². The second-order valence-electron chi connectivity index (χ2n) is 10.3. The molecule has 7 nitrogen and oxygen atoms in total. The largest absolute Gasteiger partial charge is 0.425 e. The third-order valence-corrected chi connectivity index (χ3v) is 8.67. The lowest BCUT2D eigenvalue weighted by Gasteiger charge is -2.27. The minimum atomic E-state index is -3.20. The zero-order chi connectivity index (χ0) is 27.6. The summed E-state index contributed by atoms with van der Waals surface area (Å²) < 4.78 is 11.0. The summed E-state index contributed by atoms with van der Waals surface area (Å²) in [6.07, 6.45) is 4.59. The fourth-order valence-electron chi connectivity index (χ4n) is 3.96. The first-order chi connectivity index (χ1) is 17.4. The Balaban J connectivity index is 2.08. The number of carbonyl (C=O) groups is 2. The average Bonchev–Trinajstić information content (AvgIpc) is 2.82. The summed E-state index contributed by atoms with van der Waals surface area (Å²) in [5, 5.41) is 0.881. The van der Waals surface area contributed by atoms with E-state index in [1.165, 1.54) is 11.3 Å². The third kappa shape index (κ3) is 11.5. The normalized spacial score (nSPS) is 15.0. The van der Waals surface area contributed by atoms with Gasteiger partial charge < -0.3 is 14.4 Å². The van der Waals surface area contributed by atoms with Crippen LogP contribution in [0.5, 0.6) is 0 Å². The summed E-state index contributed by atoms with van der Waals surface area (Å²) in [5.74, 6) is 0.638. The van der Waals surface area contributed by atoms with Crippen LogP contribution in [0.3, 0.4) is 0 Å². The Bertz CT molecular complexity index is 929. The molecule has 2 N–H and O–H groups in total. The summed E-state index contributed by atoms with van der Waals surface area (Å²) >= 11 is 12.2. The van der Waals surface area contributed by atoms with Crippen molar-refractivity contribution >= 4 is 43.0 Å². The van der Waals surface area contributed by atoms with E-state index in [1.807, 2.05) is 6.07 Å². The van der Waals surface area contributed by atoms with E-state index in [0.717, 1.165) is 36.8 Å². The number of hydrogen-bond donors (Lipinski definition) is 2. The van der Waals surface area contributed by atoms with Gasteiger partial charge in [0.15, 0.2) is 0 Å². The Morgan fingerprint density at radius 3 is 2.30 bits per heavy atom. The number of ether oxygens (including phenoxy) is 2. The number of halogens is 2. The highest BCUT2D eigenvalue weighted by molar-refractivity contribution is 7.67. The van der Waals surface area contributed by atoms with Gasteiger partial charge in [-0.2, -0.15) is 0 Å². The maximum Gasteiger partial charge on any atom is 0.412 e. The van der Waals surface area contributed by atoms with Gasteiger partial charge in [-0.1, -0.05) is 63.4 Å². The van der Waals surface area contributed by atoms with E-state index in [4.69, 9.17) is 32.7 Å². The number of allylic oxidation sites excluding steroid dienone is 1. The molecule has 0 heterocycles. The summed E-state index contributed by atoms with van der Waals surface area (Å²) in [7, 11) is -3.20. The van der Waals surface area contributed by atoms with Gasteiger partial charge in [0.2, 0.25) is 0 Å². The van der Waals surface area contributed by atoms with Crippen LogP contribution in [-0.4, -0.2) is 52.3 Å². The highest BCUT2D eigenvalue weighted by Gasteiger charge is 2.32. The van der Waals surface area contributed by atoms with Crippen molar-refractivity contribution in [2.75, 3.05) is 19.3 Å². The van der Waals surface area contributed by atoms with Crippen LogP contribution in [0.4, 0.5) is 4.79 Å². The van der Waals surface area contributed by atoms with Crippen LogP contribution in [0.15, 0.2) is 29.6 Å². The van der Waals surface area contributed by atoms with Crippen molar-refractivity contribution in [3.05, 3.63) is 45.2 Å². The fourth-order valence-corrected chi connectivity index (χ4v) is 5.86. The number of hydrogen-bond acceptors (Lipinski definition) is 6. The lowest BCUT2D eigenvalue weighted by Crippen LogP contribution is -2.40. The number of rotatable bonds is 12. The van der Waals surface area contributed by atoms with E-state index in [9.17, 15) is 19.4 Å². The van der Waals surface area contributed by atoms with Gasteiger partial charge in [-0.15, -0.1) is 0 Å². The second-order valence-corrected chi connectivity index (χ2v) is 13.4. The summed E-state index contributed by atoms with van der Waals surface area (Å²) in [6.45, 7) is 7.61. The predicted octanol–water partition coefficient (Wildman–Crippen LogP) is 7.23. The first-order valence-electron chi connectivity index (χ1n) is 13.0. The lowest BCUT2D eigenvalue weighted by atomic mass is 9.96. The topological polar surface area (TPSA) is 96.3 Å². The summed E-state index contributed by atoms with van der Waals surface area (Å²) in [6, 6.07) is 5.30. The molecule has 1 aromatic rings. The highest BCUT2D eigenvalue weighted by Crippen LogP contribution is 2.54. The van der Waals surface area contributed by atoms with E-state index in [0.29, 0.717) is 29.4 Å². The number of amides is 1. The third-order valence-electron chi connectivity index (χ3n) is 6.18. The molecule has 1 aliphatic carbocycles. The smallest absolute Gasteiger partial charge is 0.412 e. The van der Waals surface area contributed by atoms with Gasteiger partial charge >= 0.3 is 12.1 Å². The second kappa shape index (κ2) is 15.3. The van der Waals surface area contributed by atoms with Crippen LogP contribution < -0.4 is 0 Å². The minimum Gasteiger partial charge on any atom is -0.425 e. The van der Waals surface area contributed by atoms with E-state index < -0.39 is 26.1 Å². The van der Waals surface area contributed by atoms with Crippen molar-refractivity contribution in [1.82, 2.24) is 4.90 Å². The molecule has 37 heavy (non-hydrogen) atoms. The Kier molecular flexibility index (Phi) is 13.2. The van der Waals surface area contributed by atoms with Crippen LogP contribution in [0.25, 0.3) is 0 Å². The van der Waals surface area contributed by atoms with Crippen molar-refractivity contribution in [2.24, 2.45) is 11.8 Å². The molecule has 1 unspecified atom stereocenters. The van der Waals surface area contributed by atoms with Gasteiger partial charge in [0.25, 0.3) is 14.0 Å². The van der Waals surface area contributed by atoms with Crippen LogP contribution in [0, 0.1) is 11.8 Å². The Morgan fingerprint density at radius 1 is 1.03 bits per heavy atom. The molecule has 1 aromatic carbocycles. The van der Waals surface area contributed by atoms with Crippen molar-refractivity contribution in [1.29, 1.82) is 0 Å². The highest BCUT2D eigenvalue weighted by atomic mass is 35.5. The van der Waals surface area contributed by atoms with Gasteiger partial charge in [-0.05, 0) is 55.4 Å². The molecule has 2 rings (SSSR count). The number of nitrogens with zero attached hydrogens (tertiary/aromatic N) is 1. The monoisotopic (exact) mass is 576 g/mol. The summed E-state index contributed by atoms with van der Waals surface area (Å²) in [4.78, 5) is 48.0. The van der Waals surface area contributed by atoms with Crippen LogP contribution in [0.1, 0.15) is 71.8 Å². The SMILES string of the molecule is CC(C)C(=O)OC(OC(=O)N(CCC[P+](O)(O)C=C1CCCCC1)CCc1ccc(Cl)c(Cl)c1)C(C)C. The molecule has 1 aliphatic rings. The maximum absolute atomic E-state index is 13.2. The maximum atomic E-state index is 13.2. The molecule has 10 heteroatoms. The number of benzene rings is 1. The Labute approximate surface area is 231 Å². The van der Waals surface area contributed by atoms with Gasteiger partial charge in [-0.25, -0.2) is 14.6 Å². The van der Waals surface area contributed by atoms with Crippen molar-refractivity contribution in [3.8, 4) is 0 Å². The van der Waals surface area contributed by atoms with Crippen LogP contribution >= 0.6 is 30.9 Å². The van der Waals surface area contributed by atoms with Crippen LogP contribution in [-0.2, 0) is 20.7 Å². The Morgan fingerprint density at radius 2 is 1.70 bits per heavy atom. The quantitative estimate of drug-likeness (QED) is 0.155. The molecule has 0 saturated heterocycles. The van der Waals surface area contributed by atoms with Gasteiger partial charge in [-0.3, -0.25) is 4.79 Å². The predicted molar refractivity (Wildman–Crippen MR) is 150 cm³/mol. The standard InChI is InChI=1S/C27H41Cl2NO6P/c1-19(2)25(31)35-26(20(3)4)36-27(32)30(15-13-21-11-12-23(28)24(29)17-21)14-8-16-37(33,34)18-22-9-6-5-7-10-22/h11-12,17-20,26,33-34H,5-10,13-16H2,1-4H3/q+1. The van der Waals surface area contributed by atoms with E-state index in [1.54, 1.807) is 45.6 Å². The molecular formula is C27H41Cl2NO6P+. The van der Waals surface area contributed by atoms with Gasteiger partial charge in [0, 0.05) is 25.4 Å². The van der Waals surface area contributed by atoms with E-state index >= 15 is 0 Å². The molecule has 1 saturated carbocycles. The zero-order valence-electron chi connectivity index (χ0n) is 22.3. The fraction of sp³-hybridized carbons (Fsp3) is 0.630. The number of carbonyl (C=O) groups excluding carboxylic acids is 2. The molecule has 208 valence electrons. The molecule has 0 aliphatic heterocycles. The summed E-state index contributed by atoms with van der Waals surface area (Å²) in [5.41, 5.74) is 2.01. The molecular weight excluding hydrogens is 536 g/mol. The molecule has 0 radical (unpaired) electrons. The van der Waals surface area contributed by atoms with Crippen LogP contribution in [0.2, 0.25) is 10.0 Å². The Hall–Kier alpha value is -1.37. The number of esters is 1. The lowest BCUT2D eigenvalue weighted by molar-refractivity contribution is -0.180.